The topological polar surface area (TPSA) is 50.9 Å². The molecule has 2 atom stereocenters. The van der Waals surface area contributed by atoms with Crippen LogP contribution >= 0.6 is 27.5 Å². The average molecular weight is 319 g/mol. The van der Waals surface area contributed by atoms with Gasteiger partial charge in [-0.05, 0) is 40.8 Å². The van der Waals surface area contributed by atoms with Gasteiger partial charge in [-0.25, -0.2) is 4.98 Å². The van der Waals surface area contributed by atoms with E-state index in [1.54, 1.807) is 6.20 Å². The second-order valence-electron chi connectivity index (χ2n) is 4.57. The molecule has 2 rings (SSSR count). The summed E-state index contributed by atoms with van der Waals surface area (Å²) < 4.78 is 0.898. The van der Waals surface area contributed by atoms with Gasteiger partial charge in [-0.3, -0.25) is 0 Å². The molecule has 3 nitrogen and oxygen atoms in total. The highest BCUT2D eigenvalue weighted by Gasteiger charge is 2.21. The van der Waals surface area contributed by atoms with Gasteiger partial charge in [0.05, 0.1) is 9.50 Å². The van der Waals surface area contributed by atoms with Crippen molar-refractivity contribution < 1.29 is 0 Å². The number of anilines is 1. The quantitative estimate of drug-likeness (QED) is 0.898. The summed E-state index contributed by atoms with van der Waals surface area (Å²) >= 11 is 9.30. The Balaban J connectivity index is 1.92. The number of nitrogens with one attached hydrogen (secondary N) is 1. The van der Waals surface area contributed by atoms with Crippen LogP contribution in [0.15, 0.2) is 16.7 Å². The van der Waals surface area contributed by atoms with Gasteiger partial charge in [-0.1, -0.05) is 24.4 Å². The van der Waals surface area contributed by atoms with Crippen LogP contribution in [0.2, 0.25) is 5.02 Å². The first-order valence-corrected chi connectivity index (χ1v) is 7.14. The van der Waals surface area contributed by atoms with Gasteiger partial charge >= 0.3 is 0 Å². The van der Waals surface area contributed by atoms with Crippen molar-refractivity contribution in [3.8, 4) is 0 Å². The zero-order valence-corrected chi connectivity index (χ0v) is 12.0. The second kappa shape index (κ2) is 6.03. The Kier molecular flexibility index (Phi) is 4.65. The molecule has 0 spiro atoms. The molecule has 1 aliphatic rings. The van der Waals surface area contributed by atoms with E-state index in [9.17, 15) is 0 Å². The molecule has 1 aromatic heterocycles. The van der Waals surface area contributed by atoms with Gasteiger partial charge in [0, 0.05) is 18.8 Å². The summed E-state index contributed by atoms with van der Waals surface area (Å²) in [6.07, 6.45) is 6.55. The van der Waals surface area contributed by atoms with Crippen LogP contribution in [-0.2, 0) is 0 Å². The van der Waals surface area contributed by atoms with Gasteiger partial charge in [0.1, 0.15) is 5.82 Å². The van der Waals surface area contributed by atoms with Gasteiger partial charge in [0.25, 0.3) is 0 Å². The molecule has 1 heterocycles. The number of aromatic nitrogens is 1. The lowest BCUT2D eigenvalue weighted by molar-refractivity contribution is 0.321. The van der Waals surface area contributed by atoms with Crippen molar-refractivity contribution >= 4 is 33.3 Å². The molecule has 0 aliphatic heterocycles. The lowest BCUT2D eigenvalue weighted by atomic mass is 9.85. The number of hydrogen-bond acceptors (Lipinski definition) is 3. The maximum atomic E-state index is 6.11. The van der Waals surface area contributed by atoms with Crippen LogP contribution in [0.25, 0.3) is 0 Å². The molecule has 1 aromatic rings. The summed E-state index contributed by atoms with van der Waals surface area (Å²) in [5.74, 6) is 1.39. The van der Waals surface area contributed by atoms with E-state index in [1.807, 2.05) is 6.07 Å². The zero-order chi connectivity index (χ0) is 12.3. The van der Waals surface area contributed by atoms with Gasteiger partial charge in [0.2, 0.25) is 0 Å². The van der Waals surface area contributed by atoms with Crippen LogP contribution < -0.4 is 11.1 Å². The van der Waals surface area contributed by atoms with Crippen LogP contribution in [-0.4, -0.2) is 17.6 Å². The van der Waals surface area contributed by atoms with Crippen molar-refractivity contribution in [2.24, 2.45) is 11.7 Å². The minimum absolute atomic E-state index is 0.322. The van der Waals surface area contributed by atoms with E-state index in [4.69, 9.17) is 17.3 Å². The standard InChI is InChI=1S/C12H17BrClN3/c13-10-5-9(14)7-17-12(10)16-6-8-3-1-2-4-11(8)15/h5,7-8,11H,1-4,6,15H2,(H,16,17). The van der Waals surface area contributed by atoms with Crippen molar-refractivity contribution in [1.29, 1.82) is 0 Å². The Morgan fingerprint density at radius 1 is 1.47 bits per heavy atom. The first kappa shape index (κ1) is 13.1. The summed E-state index contributed by atoms with van der Waals surface area (Å²) in [4.78, 5) is 4.26. The fourth-order valence-electron chi connectivity index (χ4n) is 2.26. The Labute approximate surface area is 115 Å². The summed E-state index contributed by atoms with van der Waals surface area (Å²) in [6, 6.07) is 2.17. The number of nitrogens with zero attached hydrogens (tertiary/aromatic N) is 1. The van der Waals surface area contributed by atoms with Crippen LogP contribution in [0.5, 0.6) is 0 Å². The van der Waals surface area contributed by atoms with Crippen molar-refractivity contribution in [3.63, 3.8) is 0 Å². The molecule has 94 valence electrons. The predicted octanol–water partition coefficient (Wildman–Crippen LogP) is 3.43. The molecular weight excluding hydrogens is 302 g/mol. The van der Waals surface area contributed by atoms with Crippen molar-refractivity contribution in [2.45, 2.75) is 31.7 Å². The van der Waals surface area contributed by atoms with E-state index in [-0.39, 0.29) is 0 Å². The van der Waals surface area contributed by atoms with Gasteiger partial charge < -0.3 is 11.1 Å². The minimum Gasteiger partial charge on any atom is -0.369 e. The fraction of sp³-hybridized carbons (Fsp3) is 0.583. The average Bonchev–Trinajstić information content (AvgIpc) is 2.30. The van der Waals surface area contributed by atoms with Crippen LogP contribution in [0.1, 0.15) is 25.7 Å². The second-order valence-corrected chi connectivity index (χ2v) is 5.86. The molecule has 0 radical (unpaired) electrons. The van der Waals surface area contributed by atoms with Crippen LogP contribution in [0.4, 0.5) is 5.82 Å². The molecule has 0 aromatic carbocycles. The Morgan fingerprint density at radius 3 is 2.94 bits per heavy atom. The largest absolute Gasteiger partial charge is 0.369 e. The Morgan fingerprint density at radius 2 is 2.24 bits per heavy atom. The summed E-state index contributed by atoms with van der Waals surface area (Å²) in [5, 5.41) is 3.98. The van der Waals surface area contributed by atoms with Crippen molar-refractivity contribution in [1.82, 2.24) is 4.98 Å². The van der Waals surface area contributed by atoms with E-state index in [1.165, 1.54) is 19.3 Å². The summed E-state index contributed by atoms with van der Waals surface area (Å²) in [5.41, 5.74) is 6.11. The first-order chi connectivity index (χ1) is 8.16. The lowest BCUT2D eigenvalue weighted by Gasteiger charge is -2.28. The Bertz CT molecular complexity index is 386. The molecule has 1 saturated carbocycles. The van der Waals surface area contributed by atoms with E-state index < -0.39 is 0 Å². The predicted molar refractivity (Wildman–Crippen MR) is 75.4 cm³/mol. The molecule has 1 fully saturated rings. The number of pyridine rings is 1. The molecule has 0 saturated heterocycles. The molecule has 5 heteroatoms. The number of halogens is 2. The monoisotopic (exact) mass is 317 g/mol. The Hall–Kier alpha value is -0.320. The van der Waals surface area contributed by atoms with Crippen molar-refractivity contribution in [3.05, 3.63) is 21.8 Å². The maximum Gasteiger partial charge on any atom is 0.140 e. The molecule has 3 N–H and O–H groups in total. The van der Waals surface area contributed by atoms with Gasteiger partial charge in [-0.15, -0.1) is 0 Å². The van der Waals surface area contributed by atoms with E-state index in [0.29, 0.717) is 17.0 Å². The van der Waals surface area contributed by atoms with Gasteiger partial charge in [0.15, 0.2) is 0 Å². The lowest BCUT2D eigenvalue weighted by Crippen LogP contribution is -2.37. The highest BCUT2D eigenvalue weighted by atomic mass is 79.9. The molecule has 0 amide bonds. The summed E-state index contributed by atoms with van der Waals surface area (Å²) in [6.45, 7) is 0.883. The molecule has 0 bridgehead atoms. The van der Waals surface area contributed by atoms with Crippen molar-refractivity contribution in [2.75, 3.05) is 11.9 Å². The molecule has 17 heavy (non-hydrogen) atoms. The number of hydrogen-bond donors (Lipinski definition) is 2. The first-order valence-electron chi connectivity index (χ1n) is 5.97. The molecule has 1 aliphatic carbocycles. The zero-order valence-electron chi connectivity index (χ0n) is 9.63. The molecule has 2 unspecified atom stereocenters. The number of rotatable bonds is 3. The van der Waals surface area contributed by atoms with E-state index in [2.05, 4.69) is 26.2 Å². The third-order valence-corrected chi connectivity index (χ3v) is 4.12. The van der Waals surface area contributed by atoms with Crippen LogP contribution in [0.3, 0.4) is 0 Å². The maximum absolute atomic E-state index is 6.11. The normalized spacial score (nSPS) is 24.6. The van der Waals surface area contributed by atoms with Crippen LogP contribution in [0, 0.1) is 5.92 Å². The van der Waals surface area contributed by atoms with Gasteiger partial charge in [-0.2, -0.15) is 0 Å². The minimum atomic E-state index is 0.322. The highest BCUT2D eigenvalue weighted by Crippen LogP contribution is 2.26. The smallest absolute Gasteiger partial charge is 0.140 e. The fourth-order valence-corrected chi connectivity index (χ4v) is 3.04. The van der Waals surface area contributed by atoms with E-state index >= 15 is 0 Å². The number of nitrogens with two attached hydrogens (primary N) is 1. The third-order valence-electron chi connectivity index (χ3n) is 3.31. The SMILES string of the molecule is NC1CCCCC1CNc1ncc(Cl)cc1Br. The van der Waals surface area contributed by atoms with E-state index in [0.717, 1.165) is 23.3 Å². The third kappa shape index (κ3) is 3.57. The molecular formula is C12H17BrClN3. The summed E-state index contributed by atoms with van der Waals surface area (Å²) in [7, 11) is 0. The highest BCUT2D eigenvalue weighted by molar-refractivity contribution is 9.10.